The Morgan fingerprint density at radius 1 is 1.15 bits per heavy atom. The molecule has 0 saturated heterocycles. The van der Waals surface area contributed by atoms with E-state index in [1.807, 2.05) is 0 Å². The second-order valence-corrected chi connectivity index (χ2v) is 5.07. The van der Waals surface area contributed by atoms with Crippen LogP contribution in [-0.2, 0) is 0 Å². The van der Waals surface area contributed by atoms with Gasteiger partial charge < -0.3 is 10.4 Å². The molecule has 0 aliphatic rings. The molecule has 0 atom stereocenters. The first-order valence-corrected chi connectivity index (χ1v) is 6.98. The average Bonchev–Trinajstić information content (AvgIpc) is 2.48. The van der Waals surface area contributed by atoms with Gasteiger partial charge in [0.05, 0.1) is 18.1 Å². The molecule has 4 nitrogen and oxygen atoms in total. The zero-order chi connectivity index (χ0) is 14.4. The first-order chi connectivity index (χ1) is 9.70. The third kappa shape index (κ3) is 3.78. The van der Waals surface area contributed by atoms with Gasteiger partial charge in [0.2, 0.25) is 0 Å². The molecular formula is C16H21N3O. The van der Waals surface area contributed by atoms with Crippen molar-refractivity contribution in [3.63, 3.8) is 0 Å². The van der Waals surface area contributed by atoms with Gasteiger partial charge in [-0.3, -0.25) is 4.98 Å². The number of nitrogens with one attached hydrogen (secondary N) is 1. The Morgan fingerprint density at radius 2 is 1.90 bits per heavy atom. The molecular weight excluding hydrogens is 250 g/mol. The van der Waals surface area contributed by atoms with Gasteiger partial charge in [-0.05, 0) is 17.9 Å². The molecule has 1 aromatic carbocycles. The standard InChI is InChI=1S/C16H21N3O/c1-12(2)13-4-6-14(7-5-13)15-10-17-11-16(19-15)18-8-3-9-20/h4-7,10-12,20H,3,8-9H2,1-2H3,(H,18,19). The lowest BCUT2D eigenvalue weighted by atomic mass is 10.0. The van der Waals surface area contributed by atoms with Gasteiger partial charge in [0.1, 0.15) is 5.82 Å². The highest BCUT2D eigenvalue weighted by molar-refractivity contribution is 5.60. The fourth-order valence-corrected chi connectivity index (χ4v) is 1.92. The molecule has 0 unspecified atom stereocenters. The fraction of sp³-hybridized carbons (Fsp3) is 0.375. The molecule has 0 aliphatic carbocycles. The Kier molecular flexibility index (Phi) is 5.07. The zero-order valence-corrected chi connectivity index (χ0v) is 12.0. The minimum absolute atomic E-state index is 0.177. The summed E-state index contributed by atoms with van der Waals surface area (Å²) in [6, 6.07) is 8.43. The van der Waals surface area contributed by atoms with Crippen LogP contribution in [0.3, 0.4) is 0 Å². The van der Waals surface area contributed by atoms with Gasteiger partial charge in [-0.1, -0.05) is 38.1 Å². The first kappa shape index (κ1) is 14.5. The molecule has 1 aromatic heterocycles. The van der Waals surface area contributed by atoms with E-state index in [9.17, 15) is 0 Å². The maximum absolute atomic E-state index is 8.77. The summed E-state index contributed by atoms with van der Waals surface area (Å²) < 4.78 is 0. The average molecular weight is 271 g/mol. The van der Waals surface area contributed by atoms with Crippen molar-refractivity contribution in [2.24, 2.45) is 0 Å². The molecule has 106 valence electrons. The highest BCUT2D eigenvalue weighted by Crippen LogP contribution is 2.21. The Hall–Kier alpha value is -1.94. The third-order valence-corrected chi connectivity index (χ3v) is 3.15. The Morgan fingerprint density at radius 3 is 2.55 bits per heavy atom. The Balaban J connectivity index is 2.13. The summed E-state index contributed by atoms with van der Waals surface area (Å²) in [4.78, 5) is 8.74. The Bertz CT molecular complexity index is 538. The summed E-state index contributed by atoms with van der Waals surface area (Å²) in [5.41, 5.74) is 3.24. The van der Waals surface area contributed by atoms with Gasteiger partial charge in [-0.15, -0.1) is 0 Å². The van der Waals surface area contributed by atoms with Crippen LogP contribution >= 0.6 is 0 Å². The van der Waals surface area contributed by atoms with Crippen molar-refractivity contribution in [2.75, 3.05) is 18.5 Å². The van der Waals surface area contributed by atoms with Crippen LogP contribution < -0.4 is 5.32 Å². The smallest absolute Gasteiger partial charge is 0.145 e. The normalized spacial score (nSPS) is 10.8. The quantitative estimate of drug-likeness (QED) is 0.793. The maximum atomic E-state index is 8.77. The van der Waals surface area contributed by atoms with Crippen LogP contribution in [0.25, 0.3) is 11.3 Å². The largest absolute Gasteiger partial charge is 0.396 e. The van der Waals surface area contributed by atoms with E-state index < -0.39 is 0 Å². The summed E-state index contributed by atoms with van der Waals surface area (Å²) >= 11 is 0. The number of aromatic nitrogens is 2. The zero-order valence-electron chi connectivity index (χ0n) is 12.0. The topological polar surface area (TPSA) is 58.0 Å². The number of benzene rings is 1. The van der Waals surface area contributed by atoms with E-state index in [0.29, 0.717) is 18.9 Å². The summed E-state index contributed by atoms with van der Waals surface area (Å²) in [5.74, 6) is 1.27. The minimum Gasteiger partial charge on any atom is -0.396 e. The predicted octanol–water partition coefficient (Wildman–Crippen LogP) is 3.06. The number of anilines is 1. The molecule has 20 heavy (non-hydrogen) atoms. The van der Waals surface area contributed by atoms with Crippen LogP contribution in [0, 0.1) is 0 Å². The number of aliphatic hydroxyl groups is 1. The summed E-state index contributed by atoms with van der Waals surface area (Å²) in [7, 11) is 0. The van der Waals surface area contributed by atoms with Crippen LogP contribution in [0.2, 0.25) is 0 Å². The Labute approximate surface area is 119 Å². The molecule has 2 rings (SSSR count). The van der Waals surface area contributed by atoms with Crippen molar-refractivity contribution in [3.8, 4) is 11.3 Å². The highest BCUT2D eigenvalue weighted by atomic mass is 16.3. The number of hydrogen-bond donors (Lipinski definition) is 2. The lowest BCUT2D eigenvalue weighted by Gasteiger charge is -2.08. The van der Waals surface area contributed by atoms with Crippen LogP contribution in [0.15, 0.2) is 36.7 Å². The van der Waals surface area contributed by atoms with Gasteiger partial charge in [0, 0.05) is 18.7 Å². The molecule has 0 radical (unpaired) electrons. The van der Waals surface area contributed by atoms with Gasteiger partial charge in [0.25, 0.3) is 0 Å². The predicted molar refractivity (Wildman–Crippen MR) is 81.7 cm³/mol. The maximum Gasteiger partial charge on any atom is 0.145 e. The molecule has 0 spiro atoms. The van der Waals surface area contributed by atoms with E-state index in [4.69, 9.17) is 5.11 Å². The van der Waals surface area contributed by atoms with Gasteiger partial charge in [0.15, 0.2) is 0 Å². The molecule has 2 aromatic rings. The van der Waals surface area contributed by atoms with Crippen molar-refractivity contribution in [2.45, 2.75) is 26.2 Å². The molecule has 0 amide bonds. The van der Waals surface area contributed by atoms with Crippen molar-refractivity contribution in [3.05, 3.63) is 42.2 Å². The van der Waals surface area contributed by atoms with Crippen LogP contribution in [0.4, 0.5) is 5.82 Å². The molecule has 0 fully saturated rings. The van der Waals surface area contributed by atoms with E-state index in [2.05, 4.69) is 53.4 Å². The SMILES string of the molecule is CC(C)c1ccc(-c2cncc(NCCCO)n2)cc1. The first-order valence-electron chi connectivity index (χ1n) is 6.98. The van der Waals surface area contributed by atoms with E-state index in [1.54, 1.807) is 12.4 Å². The van der Waals surface area contributed by atoms with E-state index in [-0.39, 0.29) is 6.61 Å². The number of aliphatic hydroxyl groups excluding tert-OH is 1. The lowest BCUT2D eigenvalue weighted by molar-refractivity contribution is 0.292. The molecule has 0 saturated carbocycles. The second-order valence-electron chi connectivity index (χ2n) is 5.07. The molecule has 0 bridgehead atoms. The van der Waals surface area contributed by atoms with Crippen LogP contribution in [-0.4, -0.2) is 28.2 Å². The lowest BCUT2D eigenvalue weighted by Crippen LogP contribution is -2.05. The van der Waals surface area contributed by atoms with Crippen molar-refractivity contribution >= 4 is 5.82 Å². The minimum atomic E-state index is 0.177. The van der Waals surface area contributed by atoms with Crippen molar-refractivity contribution in [1.29, 1.82) is 0 Å². The van der Waals surface area contributed by atoms with Gasteiger partial charge >= 0.3 is 0 Å². The summed E-state index contributed by atoms with van der Waals surface area (Å²) in [5, 5.41) is 11.9. The van der Waals surface area contributed by atoms with Gasteiger partial charge in [-0.25, -0.2) is 4.98 Å². The molecule has 0 aliphatic heterocycles. The monoisotopic (exact) mass is 271 g/mol. The fourth-order valence-electron chi connectivity index (χ4n) is 1.92. The van der Waals surface area contributed by atoms with E-state index in [1.165, 1.54) is 5.56 Å². The number of nitrogens with zero attached hydrogens (tertiary/aromatic N) is 2. The highest BCUT2D eigenvalue weighted by Gasteiger charge is 2.03. The van der Waals surface area contributed by atoms with E-state index in [0.717, 1.165) is 17.1 Å². The van der Waals surface area contributed by atoms with Crippen LogP contribution in [0.1, 0.15) is 31.7 Å². The van der Waals surface area contributed by atoms with Gasteiger partial charge in [-0.2, -0.15) is 0 Å². The van der Waals surface area contributed by atoms with Crippen molar-refractivity contribution < 1.29 is 5.11 Å². The van der Waals surface area contributed by atoms with Crippen LogP contribution in [0.5, 0.6) is 0 Å². The number of hydrogen-bond acceptors (Lipinski definition) is 4. The van der Waals surface area contributed by atoms with Crippen molar-refractivity contribution in [1.82, 2.24) is 9.97 Å². The molecule has 2 N–H and O–H groups in total. The van der Waals surface area contributed by atoms with E-state index >= 15 is 0 Å². The number of rotatable bonds is 6. The molecule has 4 heteroatoms. The summed E-state index contributed by atoms with van der Waals surface area (Å²) in [6.07, 6.45) is 4.17. The summed E-state index contributed by atoms with van der Waals surface area (Å²) in [6.45, 7) is 5.23. The molecule has 1 heterocycles. The third-order valence-electron chi connectivity index (χ3n) is 3.15. The second kappa shape index (κ2) is 7.01.